The Morgan fingerprint density at radius 2 is 1.88 bits per heavy atom. The molecule has 2 atom stereocenters. The molecule has 3 aromatic rings. The highest BCUT2D eigenvalue weighted by Gasteiger charge is 2.26. The van der Waals surface area contributed by atoms with E-state index in [4.69, 9.17) is 4.98 Å². The van der Waals surface area contributed by atoms with Gasteiger partial charge < -0.3 is 0 Å². The summed E-state index contributed by atoms with van der Waals surface area (Å²) in [7, 11) is 0. The maximum atomic E-state index is 4.97. The van der Waals surface area contributed by atoms with Crippen LogP contribution in [0, 0.1) is 13.8 Å². The Morgan fingerprint density at radius 3 is 2.62 bits per heavy atom. The van der Waals surface area contributed by atoms with Crippen molar-refractivity contribution < 1.29 is 0 Å². The van der Waals surface area contributed by atoms with Crippen LogP contribution in [0.1, 0.15) is 49.8 Å². The second-order valence-electron chi connectivity index (χ2n) is 7.63. The van der Waals surface area contributed by atoms with Gasteiger partial charge in [-0.05, 0) is 76.9 Å². The Bertz CT molecular complexity index is 947. The Kier molecular flexibility index (Phi) is 4.49. The first-order valence-corrected chi connectivity index (χ1v) is 9.64. The Morgan fingerprint density at radius 1 is 1.04 bits per heavy atom. The quantitative estimate of drug-likeness (QED) is 0.631. The van der Waals surface area contributed by atoms with Gasteiger partial charge in [-0.2, -0.15) is 0 Å². The number of rotatable bonds is 3. The van der Waals surface area contributed by atoms with Crippen LogP contribution in [0.5, 0.6) is 0 Å². The maximum Gasteiger partial charge on any atom is 0.0706 e. The van der Waals surface area contributed by atoms with Gasteiger partial charge in [-0.3, -0.25) is 14.9 Å². The van der Waals surface area contributed by atoms with Crippen molar-refractivity contribution >= 4 is 10.9 Å². The molecule has 0 spiro atoms. The average Bonchev–Trinajstić information content (AvgIpc) is 3.06. The average molecular weight is 345 g/mol. The van der Waals surface area contributed by atoms with E-state index in [1.165, 1.54) is 41.6 Å². The third-order valence-electron chi connectivity index (χ3n) is 5.78. The summed E-state index contributed by atoms with van der Waals surface area (Å²) in [5.41, 5.74) is 6.78. The Labute approximate surface area is 156 Å². The second-order valence-corrected chi connectivity index (χ2v) is 7.63. The zero-order valence-electron chi connectivity index (χ0n) is 16.2. The van der Waals surface area contributed by atoms with Crippen LogP contribution in [-0.4, -0.2) is 27.5 Å². The number of hydrogen-bond donors (Lipinski definition) is 0. The van der Waals surface area contributed by atoms with Crippen LogP contribution < -0.4 is 0 Å². The lowest BCUT2D eigenvalue weighted by Gasteiger charge is -2.28. The number of likely N-dealkylation sites (tertiary alicyclic amines) is 1. The first-order chi connectivity index (χ1) is 12.5. The van der Waals surface area contributed by atoms with Crippen molar-refractivity contribution in [3.8, 4) is 11.1 Å². The monoisotopic (exact) mass is 345 g/mol. The predicted octanol–water partition coefficient (Wildman–Crippen LogP) is 5.46. The Hall–Kier alpha value is -2.26. The lowest BCUT2D eigenvalue weighted by molar-refractivity contribution is 0.201. The van der Waals surface area contributed by atoms with Crippen molar-refractivity contribution in [2.45, 2.75) is 52.6 Å². The van der Waals surface area contributed by atoms with E-state index in [9.17, 15) is 0 Å². The van der Waals surface area contributed by atoms with Gasteiger partial charge in [0.25, 0.3) is 0 Å². The first-order valence-electron chi connectivity index (χ1n) is 9.64. The van der Waals surface area contributed by atoms with Crippen molar-refractivity contribution in [2.24, 2.45) is 0 Å². The topological polar surface area (TPSA) is 29.0 Å². The van der Waals surface area contributed by atoms with Gasteiger partial charge in [0.15, 0.2) is 0 Å². The molecule has 3 nitrogen and oxygen atoms in total. The van der Waals surface area contributed by atoms with Crippen LogP contribution in [0.4, 0.5) is 0 Å². The fourth-order valence-corrected chi connectivity index (χ4v) is 4.23. The third kappa shape index (κ3) is 3.12. The molecule has 3 heteroatoms. The normalized spacial score (nSPS) is 19.2. The number of aryl methyl sites for hydroxylation is 2. The molecule has 134 valence electrons. The van der Waals surface area contributed by atoms with Crippen molar-refractivity contribution in [3.63, 3.8) is 0 Å². The summed E-state index contributed by atoms with van der Waals surface area (Å²) >= 11 is 0. The molecule has 0 radical (unpaired) electrons. The lowest BCUT2D eigenvalue weighted by atomic mass is 10.0. The summed E-state index contributed by atoms with van der Waals surface area (Å²) in [4.78, 5) is 12.1. The molecule has 0 bridgehead atoms. The van der Waals surface area contributed by atoms with Crippen LogP contribution >= 0.6 is 0 Å². The number of fused-ring (bicyclic) bond motifs is 1. The largest absolute Gasteiger partial charge is 0.292 e. The molecule has 0 N–H and O–H groups in total. The van der Waals surface area contributed by atoms with E-state index < -0.39 is 0 Å². The predicted molar refractivity (Wildman–Crippen MR) is 108 cm³/mol. The van der Waals surface area contributed by atoms with Gasteiger partial charge in [0.1, 0.15) is 0 Å². The van der Waals surface area contributed by atoms with E-state index in [0.29, 0.717) is 12.1 Å². The molecule has 3 heterocycles. The molecule has 0 aliphatic carbocycles. The van der Waals surface area contributed by atoms with E-state index in [-0.39, 0.29) is 0 Å². The summed E-state index contributed by atoms with van der Waals surface area (Å²) in [5.74, 6) is 0. The molecular weight excluding hydrogens is 318 g/mol. The summed E-state index contributed by atoms with van der Waals surface area (Å²) < 4.78 is 0. The van der Waals surface area contributed by atoms with Crippen molar-refractivity contribution in [1.82, 2.24) is 14.9 Å². The Balaban J connectivity index is 1.68. The molecule has 1 saturated heterocycles. The molecule has 0 amide bonds. The zero-order chi connectivity index (χ0) is 18.3. The molecule has 26 heavy (non-hydrogen) atoms. The highest BCUT2D eigenvalue weighted by atomic mass is 15.2. The number of pyridine rings is 2. The van der Waals surface area contributed by atoms with E-state index >= 15 is 0 Å². The molecule has 4 rings (SSSR count). The third-order valence-corrected chi connectivity index (χ3v) is 5.78. The van der Waals surface area contributed by atoms with Gasteiger partial charge in [0.05, 0.1) is 11.2 Å². The van der Waals surface area contributed by atoms with Crippen LogP contribution in [0.15, 0.2) is 42.5 Å². The van der Waals surface area contributed by atoms with Crippen molar-refractivity contribution in [1.29, 1.82) is 0 Å². The van der Waals surface area contributed by atoms with E-state index in [1.807, 2.05) is 6.92 Å². The van der Waals surface area contributed by atoms with Crippen LogP contribution in [0.3, 0.4) is 0 Å². The maximum absolute atomic E-state index is 4.97. The van der Waals surface area contributed by atoms with Gasteiger partial charge in [0.2, 0.25) is 0 Å². The fourth-order valence-electron chi connectivity index (χ4n) is 4.23. The highest BCUT2D eigenvalue weighted by molar-refractivity contribution is 5.85. The molecule has 1 aromatic carbocycles. The van der Waals surface area contributed by atoms with Gasteiger partial charge in [-0.1, -0.05) is 18.2 Å². The zero-order valence-corrected chi connectivity index (χ0v) is 16.2. The number of benzene rings is 1. The summed E-state index contributed by atoms with van der Waals surface area (Å²) in [6, 6.07) is 16.2. The minimum atomic E-state index is 0.375. The molecular formula is C23H27N3. The van der Waals surface area contributed by atoms with Crippen molar-refractivity contribution in [3.05, 3.63) is 59.5 Å². The summed E-state index contributed by atoms with van der Waals surface area (Å²) in [5, 5.41) is 1.19. The molecule has 0 saturated carbocycles. The standard InChI is InChI=1S/C23H27N3/c1-15-7-10-21(17(3)24-15)19-8-12-23-20(14-19)9-11-22(25-23)18(4)26-13-5-6-16(26)2/h7-12,14,16,18H,5-6,13H2,1-4H3/t16-,18?/m1/s1. The fraction of sp³-hybridized carbons (Fsp3) is 0.391. The van der Waals surface area contributed by atoms with Gasteiger partial charge >= 0.3 is 0 Å². The molecule has 1 aliphatic heterocycles. The SMILES string of the molecule is Cc1ccc(-c2ccc3nc(C(C)N4CCC[C@H]4C)ccc3c2)c(C)n1. The molecule has 2 aromatic heterocycles. The molecule has 1 fully saturated rings. The number of aromatic nitrogens is 2. The minimum Gasteiger partial charge on any atom is -0.292 e. The van der Waals surface area contributed by atoms with Gasteiger partial charge in [-0.15, -0.1) is 0 Å². The van der Waals surface area contributed by atoms with Gasteiger partial charge in [-0.25, -0.2) is 0 Å². The molecule has 1 unspecified atom stereocenters. The minimum absolute atomic E-state index is 0.375. The first kappa shape index (κ1) is 17.2. The van der Waals surface area contributed by atoms with Crippen LogP contribution in [0.2, 0.25) is 0 Å². The molecule has 1 aliphatic rings. The van der Waals surface area contributed by atoms with Crippen LogP contribution in [-0.2, 0) is 0 Å². The number of hydrogen-bond acceptors (Lipinski definition) is 3. The lowest BCUT2D eigenvalue weighted by Crippen LogP contribution is -2.30. The van der Waals surface area contributed by atoms with Gasteiger partial charge in [0, 0.05) is 34.4 Å². The van der Waals surface area contributed by atoms with Crippen LogP contribution in [0.25, 0.3) is 22.0 Å². The summed E-state index contributed by atoms with van der Waals surface area (Å²) in [6.45, 7) is 9.90. The smallest absolute Gasteiger partial charge is 0.0706 e. The van der Waals surface area contributed by atoms with E-state index in [2.05, 4.69) is 73.1 Å². The summed E-state index contributed by atoms with van der Waals surface area (Å²) in [6.07, 6.45) is 2.59. The van der Waals surface area contributed by atoms with Crippen molar-refractivity contribution in [2.75, 3.05) is 6.54 Å². The highest BCUT2D eigenvalue weighted by Crippen LogP contribution is 2.30. The second kappa shape index (κ2) is 6.81. The number of nitrogens with zero attached hydrogens (tertiary/aromatic N) is 3. The van der Waals surface area contributed by atoms with E-state index in [0.717, 1.165) is 16.9 Å². The van der Waals surface area contributed by atoms with E-state index in [1.54, 1.807) is 0 Å².